The summed E-state index contributed by atoms with van der Waals surface area (Å²) in [4.78, 5) is 35.3. The number of carbonyl (C=O) groups excluding carboxylic acids is 3. The Morgan fingerprint density at radius 2 is 1.51 bits per heavy atom. The third kappa shape index (κ3) is 10.1. The zero-order valence-corrected chi connectivity index (χ0v) is 18.2. The predicted octanol–water partition coefficient (Wildman–Crippen LogP) is -0.191. The summed E-state index contributed by atoms with van der Waals surface area (Å²) in [5.41, 5.74) is 9.16. The van der Waals surface area contributed by atoms with Gasteiger partial charge in [-0.1, -0.05) is 19.3 Å². The predicted molar refractivity (Wildman–Crippen MR) is 132 cm³/mol. The van der Waals surface area contributed by atoms with Crippen molar-refractivity contribution >= 4 is 23.4 Å². The molecule has 1 atom stereocenters. The Morgan fingerprint density at radius 3 is 2.03 bits per heavy atom. The number of carbonyl (C=O) groups is 3. The van der Waals surface area contributed by atoms with Crippen molar-refractivity contribution in [2.75, 3.05) is 31.6 Å². The molecule has 3 amide bonds. The summed E-state index contributed by atoms with van der Waals surface area (Å²) in [7, 11) is 0. The van der Waals surface area contributed by atoms with Crippen LogP contribution in [0.4, 0.5) is 5.69 Å². The van der Waals surface area contributed by atoms with Crippen LogP contribution in [0.3, 0.4) is 0 Å². The van der Waals surface area contributed by atoms with E-state index in [1.54, 1.807) is 48.5 Å². The van der Waals surface area contributed by atoms with Crippen LogP contribution < -0.4 is 27.2 Å². The highest BCUT2D eigenvalue weighted by Crippen LogP contribution is 2.08. The summed E-state index contributed by atoms with van der Waals surface area (Å²) in [6.07, 6.45) is 0. The second-order valence-electron chi connectivity index (χ2n) is 6.84. The molecule has 0 saturated carbocycles. The van der Waals surface area contributed by atoms with Gasteiger partial charge in [0.15, 0.2) is 0 Å². The minimum atomic E-state index is -1.05. The Hall–Kier alpha value is -4.19. The van der Waals surface area contributed by atoms with Gasteiger partial charge in [-0.2, -0.15) is 0 Å². The van der Waals surface area contributed by atoms with Gasteiger partial charge in [-0.15, -0.1) is 0 Å². The quantitative estimate of drug-likeness (QED) is 0.113. The number of hydrogen-bond donors (Lipinski definition) is 7. The molecule has 0 spiro atoms. The molecular formula is C25H29N5O5. The van der Waals surface area contributed by atoms with Crippen LogP contribution in [0.15, 0.2) is 48.5 Å². The minimum absolute atomic E-state index is 0. The third-order valence-electron chi connectivity index (χ3n) is 4.33. The molecule has 2 aromatic carbocycles. The first-order valence-electron chi connectivity index (χ1n) is 10.2. The molecule has 35 heavy (non-hydrogen) atoms. The number of anilines is 1. The van der Waals surface area contributed by atoms with E-state index in [4.69, 9.17) is 16.0 Å². The highest BCUT2D eigenvalue weighted by molar-refractivity contribution is 5.97. The monoisotopic (exact) mass is 479 g/mol. The Bertz CT molecular complexity index is 1110. The number of hydroxylamine groups is 1. The van der Waals surface area contributed by atoms with E-state index >= 15 is 0 Å². The summed E-state index contributed by atoms with van der Waals surface area (Å²) in [5, 5.41) is 25.3. The Balaban J connectivity index is 0.00000612. The molecule has 184 valence electrons. The molecule has 2 aromatic rings. The number of nitrogens with two attached hydrogens (primary N) is 1. The number of rotatable bonds is 9. The zero-order chi connectivity index (χ0) is 24.8. The largest absolute Gasteiger partial charge is 0.395 e. The van der Waals surface area contributed by atoms with Gasteiger partial charge in [0.1, 0.15) is 6.04 Å². The highest BCUT2D eigenvalue weighted by atomic mass is 16.5. The number of nitrogens with one attached hydrogen (secondary N) is 4. The lowest BCUT2D eigenvalue weighted by Gasteiger charge is -2.14. The maximum absolute atomic E-state index is 12.2. The first-order chi connectivity index (χ1) is 16.5. The number of hydrogen-bond acceptors (Lipinski definition) is 7. The first-order valence-corrected chi connectivity index (χ1v) is 10.2. The van der Waals surface area contributed by atoms with Crippen LogP contribution in [-0.2, 0) is 9.59 Å². The summed E-state index contributed by atoms with van der Waals surface area (Å²) in [5.74, 6) is 9.71. The van der Waals surface area contributed by atoms with Gasteiger partial charge in [0, 0.05) is 35.5 Å². The van der Waals surface area contributed by atoms with E-state index in [2.05, 4.69) is 39.6 Å². The molecule has 0 aliphatic rings. The first kappa shape index (κ1) is 28.8. The lowest BCUT2D eigenvalue weighted by atomic mass is 10.1. The lowest BCUT2D eigenvalue weighted by Crippen LogP contribution is -2.50. The molecule has 0 radical (unpaired) electrons. The van der Waals surface area contributed by atoms with Gasteiger partial charge in [-0.3, -0.25) is 19.6 Å². The SMILES string of the molecule is C.NC[C@H](NC(=O)c1ccc(C#CC#Cc2ccc(NC(=O)CNCCO)cc2)cc1)C(=O)NO. The van der Waals surface area contributed by atoms with Gasteiger partial charge in [-0.05, 0) is 60.4 Å². The number of aliphatic hydroxyl groups is 1. The van der Waals surface area contributed by atoms with Crippen molar-refractivity contribution in [1.82, 2.24) is 16.1 Å². The molecule has 10 nitrogen and oxygen atoms in total. The number of amides is 3. The van der Waals surface area contributed by atoms with Crippen molar-refractivity contribution in [2.45, 2.75) is 13.5 Å². The fourth-order valence-electron chi connectivity index (χ4n) is 2.59. The van der Waals surface area contributed by atoms with Crippen LogP contribution in [0.5, 0.6) is 0 Å². The molecule has 0 unspecified atom stereocenters. The Labute approximate surface area is 204 Å². The summed E-state index contributed by atoms with van der Waals surface area (Å²) >= 11 is 0. The summed E-state index contributed by atoms with van der Waals surface area (Å²) < 4.78 is 0. The molecule has 2 rings (SSSR count). The molecule has 0 bridgehead atoms. The average molecular weight is 480 g/mol. The van der Waals surface area contributed by atoms with Gasteiger partial charge < -0.3 is 26.8 Å². The molecule has 0 aliphatic heterocycles. The topological polar surface area (TPSA) is 166 Å². The van der Waals surface area contributed by atoms with E-state index in [1.165, 1.54) is 5.48 Å². The molecule has 0 fully saturated rings. The van der Waals surface area contributed by atoms with Gasteiger partial charge in [0.05, 0.1) is 13.2 Å². The van der Waals surface area contributed by atoms with Gasteiger partial charge in [0.2, 0.25) is 5.91 Å². The van der Waals surface area contributed by atoms with Crippen molar-refractivity contribution in [3.8, 4) is 23.7 Å². The molecule has 8 N–H and O–H groups in total. The second-order valence-corrected chi connectivity index (χ2v) is 6.84. The maximum atomic E-state index is 12.2. The van der Waals surface area contributed by atoms with Gasteiger partial charge in [0.25, 0.3) is 11.8 Å². The molecular weight excluding hydrogens is 450 g/mol. The average Bonchev–Trinajstić information content (AvgIpc) is 2.86. The Morgan fingerprint density at radius 1 is 0.943 bits per heavy atom. The van der Waals surface area contributed by atoms with Crippen LogP contribution in [0.1, 0.15) is 28.9 Å². The number of benzene rings is 2. The maximum Gasteiger partial charge on any atom is 0.267 e. The van der Waals surface area contributed by atoms with Crippen molar-refractivity contribution < 1.29 is 24.7 Å². The van der Waals surface area contributed by atoms with Crippen LogP contribution in [0, 0.1) is 23.7 Å². The van der Waals surface area contributed by atoms with Crippen molar-refractivity contribution in [2.24, 2.45) is 5.73 Å². The third-order valence-corrected chi connectivity index (χ3v) is 4.33. The van der Waals surface area contributed by atoms with Crippen molar-refractivity contribution in [3.63, 3.8) is 0 Å². The molecule has 0 aliphatic carbocycles. The second kappa shape index (κ2) is 15.6. The highest BCUT2D eigenvalue weighted by Gasteiger charge is 2.19. The lowest BCUT2D eigenvalue weighted by molar-refractivity contribution is -0.130. The molecule has 10 heteroatoms. The van der Waals surface area contributed by atoms with E-state index in [0.717, 1.165) is 5.56 Å². The van der Waals surface area contributed by atoms with E-state index < -0.39 is 17.9 Å². The standard InChI is InChI=1S/C24H25N5O5.CH4/c25-15-21(24(33)29-34)28-23(32)19-9-5-17(6-10-19)3-1-2-4-18-7-11-20(12-8-18)27-22(31)16-26-13-14-30;/h5-12,21,26,30,34H,13-16,25H2,(H,27,31)(H,28,32)(H,29,33);1H4/t21-;/m0./s1. The smallest absolute Gasteiger partial charge is 0.267 e. The molecule has 0 saturated heterocycles. The van der Waals surface area contributed by atoms with Crippen LogP contribution >= 0.6 is 0 Å². The number of aliphatic hydroxyl groups excluding tert-OH is 1. The van der Waals surface area contributed by atoms with E-state index in [1.807, 2.05) is 0 Å². The van der Waals surface area contributed by atoms with E-state index in [9.17, 15) is 14.4 Å². The van der Waals surface area contributed by atoms with E-state index in [0.29, 0.717) is 23.4 Å². The van der Waals surface area contributed by atoms with Gasteiger partial charge >= 0.3 is 0 Å². The van der Waals surface area contributed by atoms with Crippen LogP contribution in [0.25, 0.3) is 0 Å². The van der Waals surface area contributed by atoms with Crippen LogP contribution in [0.2, 0.25) is 0 Å². The zero-order valence-electron chi connectivity index (χ0n) is 18.2. The van der Waals surface area contributed by atoms with Crippen molar-refractivity contribution in [1.29, 1.82) is 0 Å². The van der Waals surface area contributed by atoms with E-state index in [-0.39, 0.29) is 33.0 Å². The summed E-state index contributed by atoms with van der Waals surface area (Å²) in [6, 6.07) is 12.3. The fraction of sp³-hybridized carbons (Fsp3) is 0.240. The molecule has 0 heterocycles. The minimum Gasteiger partial charge on any atom is -0.395 e. The normalized spacial score (nSPS) is 10.3. The fourth-order valence-corrected chi connectivity index (χ4v) is 2.59. The molecule has 0 aromatic heterocycles. The van der Waals surface area contributed by atoms with Gasteiger partial charge in [-0.25, -0.2) is 5.48 Å². The summed E-state index contributed by atoms with van der Waals surface area (Å²) in [6.45, 7) is 0.261. The Kier molecular flexibility index (Phi) is 12.9. The van der Waals surface area contributed by atoms with Crippen molar-refractivity contribution in [3.05, 3.63) is 65.2 Å². The van der Waals surface area contributed by atoms with Crippen LogP contribution in [-0.4, -0.2) is 60.3 Å².